The molecule has 2 aliphatic carbocycles. The van der Waals surface area contributed by atoms with Crippen LogP contribution in [0.3, 0.4) is 0 Å². The summed E-state index contributed by atoms with van der Waals surface area (Å²) < 4.78 is 0. The molecule has 1 unspecified atom stereocenters. The molecule has 0 bridgehead atoms. The maximum Gasteiger partial charge on any atom is 0.00675 e. The summed E-state index contributed by atoms with van der Waals surface area (Å²) in [4.78, 5) is 0. The zero-order valence-electron chi connectivity index (χ0n) is 16.9. The summed E-state index contributed by atoms with van der Waals surface area (Å²) in [6, 6.07) is 18.2. The van der Waals surface area contributed by atoms with Crippen LogP contribution in [0, 0.1) is 0 Å². The van der Waals surface area contributed by atoms with Gasteiger partial charge in [0.15, 0.2) is 0 Å². The van der Waals surface area contributed by atoms with Gasteiger partial charge in [0, 0.05) is 5.92 Å². The fourth-order valence-corrected chi connectivity index (χ4v) is 4.91. The molecule has 0 amide bonds. The van der Waals surface area contributed by atoms with Gasteiger partial charge in [-0.25, -0.2) is 0 Å². The Morgan fingerprint density at radius 1 is 0.815 bits per heavy atom. The molecule has 0 aromatic heterocycles. The van der Waals surface area contributed by atoms with E-state index >= 15 is 0 Å². The van der Waals surface area contributed by atoms with E-state index in [9.17, 15) is 0 Å². The van der Waals surface area contributed by atoms with Gasteiger partial charge in [0.2, 0.25) is 0 Å². The van der Waals surface area contributed by atoms with Crippen LogP contribution >= 0.6 is 0 Å². The molecule has 0 nitrogen and oxygen atoms in total. The highest BCUT2D eigenvalue weighted by Crippen LogP contribution is 2.45. The second-order valence-electron chi connectivity index (χ2n) is 8.21. The second kappa shape index (κ2) is 8.30. The van der Waals surface area contributed by atoms with Crippen molar-refractivity contribution < 1.29 is 0 Å². The molecule has 27 heavy (non-hydrogen) atoms. The molecule has 2 aromatic rings. The van der Waals surface area contributed by atoms with Crippen molar-refractivity contribution in [2.45, 2.75) is 71.1 Å². The second-order valence-corrected chi connectivity index (χ2v) is 8.21. The molecule has 0 aliphatic heterocycles. The van der Waals surface area contributed by atoms with Crippen molar-refractivity contribution in [1.82, 2.24) is 0 Å². The summed E-state index contributed by atoms with van der Waals surface area (Å²) in [5, 5.41) is 0. The first-order chi connectivity index (χ1) is 13.3. The zero-order chi connectivity index (χ0) is 18.6. The number of benzene rings is 2. The van der Waals surface area contributed by atoms with Gasteiger partial charge in [-0.1, -0.05) is 86.9 Å². The van der Waals surface area contributed by atoms with E-state index in [0.717, 1.165) is 6.42 Å². The molecule has 0 fully saturated rings. The lowest BCUT2D eigenvalue weighted by Crippen LogP contribution is -1.97. The highest BCUT2D eigenvalue weighted by molar-refractivity contribution is 5.78. The monoisotopic (exact) mass is 356 g/mol. The lowest BCUT2D eigenvalue weighted by atomic mass is 9.90. The Labute approximate surface area is 165 Å². The van der Waals surface area contributed by atoms with Crippen LogP contribution in [-0.2, 0) is 6.42 Å². The molecule has 0 heteroatoms. The molecule has 0 N–H and O–H groups in total. The number of unbranched alkanes of at least 4 members (excludes halogenated alkanes) is 2. The lowest BCUT2D eigenvalue weighted by molar-refractivity contribution is 0.796. The van der Waals surface area contributed by atoms with E-state index in [0.29, 0.717) is 5.92 Å². The molecular weight excluding hydrogens is 324 g/mol. The molecule has 0 saturated heterocycles. The van der Waals surface area contributed by atoms with Crippen LogP contribution in [0.4, 0.5) is 0 Å². The molecule has 0 saturated carbocycles. The van der Waals surface area contributed by atoms with Crippen LogP contribution in [-0.4, -0.2) is 0 Å². The Bertz CT molecular complexity index is 865. The Morgan fingerprint density at radius 2 is 1.52 bits per heavy atom. The third-order valence-electron chi connectivity index (χ3n) is 6.33. The number of rotatable bonds is 8. The van der Waals surface area contributed by atoms with Gasteiger partial charge in [0.05, 0.1) is 0 Å². The zero-order valence-corrected chi connectivity index (χ0v) is 16.9. The first kappa shape index (κ1) is 18.3. The van der Waals surface area contributed by atoms with E-state index in [-0.39, 0.29) is 0 Å². The summed E-state index contributed by atoms with van der Waals surface area (Å²) in [6.07, 6.45) is 12.5. The van der Waals surface area contributed by atoms with Crippen molar-refractivity contribution in [3.8, 4) is 0 Å². The van der Waals surface area contributed by atoms with Gasteiger partial charge >= 0.3 is 0 Å². The SMILES string of the molecule is CCCCC1=CC(CC2=C(CCCC)c3ccccc3C2)c2ccccc21. The van der Waals surface area contributed by atoms with E-state index < -0.39 is 0 Å². The van der Waals surface area contributed by atoms with Crippen LogP contribution in [0.5, 0.6) is 0 Å². The van der Waals surface area contributed by atoms with Crippen LogP contribution in [0.15, 0.2) is 60.2 Å². The molecular formula is C27H32. The number of fused-ring (bicyclic) bond motifs is 2. The largest absolute Gasteiger partial charge is 0.0728 e. The Kier molecular flexibility index (Phi) is 5.62. The van der Waals surface area contributed by atoms with Crippen molar-refractivity contribution in [3.63, 3.8) is 0 Å². The van der Waals surface area contributed by atoms with Gasteiger partial charge in [-0.3, -0.25) is 0 Å². The third-order valence-corrected chi connectivity index (χ3v) is 6.33. The van der Waals surface area contributed by atoms with E-state index in [1.54, 1.807) is 27.8 Å². The maximum atomic E-state index is 2.59. The van der Waals surface area contributed by atoms with Crippen molar-refractivity contribution in [1.29, 1.82) is 0 Å². The van der Waals surface area contributed by atoms with Gasteiger partial charge in [-0.05, 0) is 71.9 Å². The number of hydrogen-bond donors (Lipinski definition) is 0. The van der Waals surface area contributed by atoms with Crippen LogP contribution in [0.1, 0.15) is 87.0 Å². The van der Waals surface area contributed by atoms with Crippen molar-refractivity contribution in [3.05, 3.63) is 82.4 Å². The normalized spacial score (nSPS) is 17.9. The summed E-state index contributed by atoms with van der Waals surface area (Å²) in [5.41, 5.74) is 11.1. The van der Waals surface area contributed by atoms with Gasteiger partial charge in [-0.15, -0.1) is 0 Å². The van der Waals surface area contributed by atoms with E-state index in [1.807, 2.05) is 0 Å². The summed E-state index contributed by atoms with van der Waals surface area (Å²) in [5.74, 6) is 0.564. The minimum atomic E-state index is 0.564. The van der Waals surface area contributed by atoms with Crippen LogP contribution in [0.2, 0.25) is 0 Å². The quantitative estimate of drug-likeness (QED) is 0.450. The third kappa shape index (κ3) is 3.68. The maximum absolute atomic E-state index is 2.59. The molecule has 4 rings (SSSR count). The standard InChI is InChI=1S/C27H32/c1-3-5-11-20-17-23(27-16-10-9-15-24(20)27)19-22-18-21-12-7-8-14-25(21)26(22)13-6-4-2/h7-10,12,14-17,23H,3-6,11,13,18-19H2,1-2H3. The Morgan fingerprint density at radius 3 is 2.33 bits per heavy atom. The average molecular weight is 357 g/mol. The summed E-state index contributed by atoms with van der Waals surface area (Å²) in [7, 11) is 0. The highest BCUT2D eigenvalue weighted by atomic mass is 14.3. The predicted molar refractivity (Wildman–Crippen MR) is 118 cm³/mol. The van der Waals surface area contributed by atoms with Gasteiger partial charge in [0.25, 0.3) is 0 Å². The number of hydrogen-bond acceptors (Lipinski definition) is 0. The molecule has 140 valence electrons. The van der Waals surface area contributed by atoms with Crippen LogP contribution in [0.25, 0.3) is 11.1 Å². The minimum absolute atomic E-state index is 0.564. The van der Waals surface area contributed by atoms with E-state index in [1.165, 1.54) is 56.1 Å². The molecule has 2 aromatic carbocycles. The molecule has 2 aliphatic rings. The van der Waals surface area contributed by atoms with Crippen molar-refractivity contribution in [2.24, 2.45) is 0 Å². The average Bonchev–Trinajstić information content (AvgIpc) is 3.23. The fourth-order valence-electron chi connectivity index (χ4n) is 4.91. The number of allylic oxidation sites excluding steroid dienone is 4. The van der Waals surface area contributed by atoms with Crippen LogP contribution < -0.4 is 0 Å². The molecule has 1 atom stereocenters. The summed E-state index contributed by atoms with van der Waals surface area (Å²) >= 11 is 0. The first-order valence-electron chi connectivity index (χ1n) is 10.9. The fraction of sp³-hybridized carbons (Fsp3) is 0.407. The van der Waals surface area contributed by atoms with E-state index in [4.69, 9.17) is 0 Å². The van der Waals surface area contributed by atoms with E-state index in [2.05, 4.69) is 68.5 Å². The van der Waals surface area contributed by atoms with Crippen molar-refractivity contribution in [2.75, 3.05) is 0 Å². The smallest absolute Gasteiger partial charge is 0.00675 e. The molecule has 0 radical (unpaired) electrons. The first-order valence-corrected chi connectivity index (χ1v) is 10.9. The van der Waals surface area contributed by atoms with Gasteiger partial charge in [-0.2, -0.15) is 0 Å². The van der Waals surface area contributed by atoms with Gasteiger partial charge in [0.1, 0.15) is 0 Å². The highest BCUT2D eigenvalue weighted by Gasteiger charge is 2.27. The Balaban J connectivity index is 1.63. The molecule has 0 heterocycles. The van der Waals surface area contributed by atoms with Crippen molar-refractivity contribution >= 4 is 11.1 Å². The Hall–Kier alpha value is -2.08. The molecule has 0 spiro atoms. The lowest BCUT2D eigenvalue weighted by Gasteiger charge is -2.14. The topological polar surface area (TPSA) is 0 Å². The van der Waals surface area contributed by atoms with Gasteiger partial charge < -0.3 is 0 Å². The predicted octanol–water partition coefficient (Wildman–Crippen LogP) is 7.95. The minimum Gasteiger partial charge on any atom is -0.0728 e. The summed E-state index contributed by atoms with van der Waals surface area (Å²) in [6.45, 7) is 4.59.